The van der Waals surface area contributed by atoms with Crippen molar-refractivity contribution in [2.45, 2.75) is 19.4 Å². The van der Waals surface area contributed by atoms with Crippen LogP contribution in [0, 0.1) is 23.0 Å². The van der Waals surface area contributed by atoms with Crippen molar-refractivity contribution in [3.63, 3.8) is 0 Å². The minimum Gasteiger partial charge on any atom is -0.336 e. The second kappa shape index (κ2) is 5.21. The van der Waals surface area contributed by atoms with E-state index in [-0.39, 0.29) is 0 Å². The minimum absolute atomic E-state index is 0.395. The van der Waals surface area contributed by atoms with E-state index < -0.39 is 29.1 Å². The van der Waals surface area contributed by atoms with Crippen LogP contribution in [0.25, 0.3) is 0 Å². The SMILES string of the molecule is CCC(C#N)NC(=O)c1cccc(F)c1F. The first-order valence-corrected chi connectivity index (χ1v) is 4.74. The minimum atomic E-state index is -1.20. The van der Waals surface area contributed by atoms with Gasteiger partial charge in [-0.2, -0.15) is 5.26 Å². The fourth-order valence-electron chi connectivity index (χ4n) is 1.14. The molecule has 1 atom stereocenters. The number of carbonyl (C=O) groups excluding carboxylic acids is 1. The van der Waals surface area contributed by atoms with Crippen molar-refractivity contribution in [3.8, 4) is 6.07 Å². The molecule has 0 spiro atoms. The molecule has 0 aliphatic heterocycles. The van der Waals surface area contributed by atoms with E-state index >= 15 is 0 Å². The lowest BCUT2D eigenvalue weighted by Crippen LogP contribution is -2.33. The second-order valence-corrected chi connectivity index (χ2v) is 3.16. The van der Waals surface area contributed by atoms with Crippen LogP contribution < -0.4 is 5.32 Å². The molecule has 0 heterocycles. The molecule has 0 aromatic heterocycles. The molecule has 0 fully saturated rings. The molecule has 1 aromatic rings. The standard InChI is InChI=1S/C11H10F2N2O/c1-2-7(6-14)15-11(16)8-4-3-5-9(12)10(8)13/h3-5,7H,2H2,1H3,(H,15,16). The molecule has 3 nitrogen and oxygen atoms in total. The molecule has 1 aromatic carbocycles. The zero-order valence-corrected chi connectivity index (χ0v) is 8.63. The quantitative estimate of drug-likeness (QED) is 0.853. The predicted molar refractivity (Wildman–Crippen MR) is 53.5 cm³/mol. The number of halogens is 2. The molecule has 0 saturated carbocycles. The molecule has 84 valence electrons. The number of carbonyl (C=O) groups is 1. The highest BCUT2D eigenvalue weighted by Crippen LogP contribution is 2.11. The lowest BCUT2D eigenvalue weighted by atomic mass is 10.1. The largest absolute Gasteiger partial charge is 0.336 e. The van der Waals surface area contributed by atoms with Gasteiger partial charge in [-0.05, 0) is 18.6 Å². The summed E-state index contributed by atoms with van der Waals surface area (Å²) in [4.78, 5) is 11.5. The highest BCUT2D eigenvalue weighted by Gasteiger charge is 2.17. The average Bonchev–Trinajstić information content (AvgIpc) is 2.29. The third-order valence-corrected chi connectivity index (χ3v) is 2.07. The highest BCUT2D eigenvalue weighted by atomic mass is 19.2. The Morgan fingerprint density at radius 1 is 1.56 bits per heavy atom. The molecule has 5 heteroatoms. The number of amides is 1. The van der Waals surface area contributed by atoms with Gasteiger partial charge in [-0.15, -0.1) is 0 Å². The van der Waals surface area contributed by atoms with E-state index in [1.54, 1.807) is 6.92 Å². The Morgan fingerprint density at radius 2 is 2.25 bits per heavy atom. The van der Waals surface area contributed by atoms with Crippen LogP contribution in [-0.4, -0.2) is 11.9 Å². The van der Waals surface area contributed by atoms with Gasteiger partial charge in [0.1, 0.15) is 6.04 Å². The average molecular weight is 224 g/mol. The maximum atomic E-state index is 13.2. The van der Waals surface area contributed by atoms with Crippen LogP contribution in [0.15, 0.2) is 18.2 Å². The Morgan fingerprint density at radius 3 is 2.81 bits per heavy atom. The molecule has 1 unspecified atom stereocenters. The van der Waals surface area contributed by atoms with Gasteiger partial charge in [-0.25, -0.2) is 8.78 Å². The van der Waals surface area contributed by atoms with Gasteiger partial charge in [-0.3, -0.25) is 4.79 Å². The Labute approximate surface area is 91.7 Å². The first-order chi connectivity index (χ1) is 7.60. The molecular formula is C11H10F2N2O. The number of rotatable bonds is 3. The zero-order chi connectivity index (χ0) is 12.1. The topological polar surface area (TPSA) is 52.9 Å². The molecule has 1 amide bonds. The van der Waals surface area contributed by atoms with Crippen molar-refractivity contribution in [1.82, 2.24) is 5.32 Å². The Kier molecular flexibility index (Phi) is 3.95. The monoisotopic (exact) mass is 224 g/mol. The van der Waals surface area contributed by atoms with Crippen molar-refractivity contribution in [2.75, 3.05) is 0 Å². The molecule has 0 bridgehead atoms. The van der Waals surface area contributed by atoms with Crippen LogP contribution in [0.1, 0.15) is 23.7 Å². The fourth-order valence-corrected chi connectivity index (χ4v) is 1.14. The van der Waals surface area contributed by atoms with E-state index in [0.717, 1.165) is 12.1 Å². The second-order valence-electron chi connectivity index (χ2n) is 3.16. The lowest BCUT2D eigenvalue weighted by molar-refractivity contribution is 0.0939. The fraction of sp³-hybridized carbons (Fsp3) is 0.273. The maximum absolute atomic E-state index is 13.2. The van der Waals surface area contributed by atoms with Crippen molar-refractivity contribution >= 4 is 5.91 Å². The number of nitriles is 1. The summed E-state index contributed by atoms with van der Waals surface area (Å²) in [5.74, 6) is -3.07. The van der Waals surface area contributed by atoms with Crippen molar-refractivity contribution in [3.05, 3.63) is 35.4 Å². The first-order valence-electron chi connectivity index (χ1n) is 4.74. The van der Waals surface area contributed by atoms with Gasteiger partial charge in [0, 0.05) is 0 Å². The predicted octanol–water partition coefficient (Wildman–Crippen LogP) is 2.00. The Hall–Kier alpha value is -1.96. The zero-order valence-electron chi connectivity index (χ0n) is 8.63. The van der Waals surface area contributed by atoms with E-state index in [2.05, 4.69) is 5.32 Å². The van der Waals surface area contributed by atoms with Gasteiger partial charge in [0.2, 0.25) is 0 Å². The van der Waals surface area contributed by atoms with Gasteiger partial charge in [0.05, 0.1) is 11.6 Å². The molecule has 1 rings (SSSR count). The van der Waals surface area contributed by atoms with E-state index in [4.69, 9.17) is 5.26 Å². The molecule has 0 aliphatic rings. The smallest absolute Gasteiger partial charge is 0.255 e. The molecule has 16 heavy (non-hydrogen) atoms. The molecule has 0 radical (unpaired) electrons. The van der Waals surface area contributed by atoms with Crippen LogP contribution in [0.5, 0.6) is 0 Å². The van der Waals surface area contributed by atoms with Crippen LogP contribution in [0.3, 0.4) is 0 Å². The van der Waals surface area contributed by atoms with Crippen LogP contribution in [0.2, 0.25) is 0 Å². The number of nitrogens with one attached hydrogen (secondary N) is 1. The summed E-state index contributed by atoms with van der Waals surface area (Å²) in [5, 5.41) is 10.9. The van der Waals surface area contributed by atoms with E-state index in [1.165, 1.54) is 6.07 Å². The summed E-state index contributed by atoms with van der Waals surface area (Å²) in [6.45, 7) is 1.70. The summed E-state index contributed by atoms with van der Waals surface area (Å²) in [5.41, 5.74) is -0.395. The highest BCUT2D eigenvalue weighted by molar-refractivity contribution is 5.94. The van der Waals surface area contributed by atoms with Gasteiger partial charge in [-0.1, -0.05) is 13.0 Å². The third-order valence-electron chi connectivity index (χ3n) is 2.07. The van der Waals surface area contributed by atoms with E-state index in [1.807, 2.05) is 6.07 Å². The molecular weight excluding hydrogens is 214 g/mol. The van der Waals surface area contributed by atoms with Crippen LogP contribution in [-0.2, 0) is 0 Å². The maximum Gasteiger partial charge on any atom is 0.255 e. The first kappa shape index (κ1) is 12.1. The van der Waals surface area contributed by atoms with Gasteiger partial charge in [0.15, 0.2) is 11.6 Å². The van der Waals surface area contributed by atoms with Gasteiger partial charge >= 0.3 is 0 Å². The summed E-state index contributed by atoms with van der Waals surface area (Å²) in [6, 6.07) is 4.47. The normalized spacial score (nSPS) is 11.6. The molecule has 0 aliphatic carbocycles. The summed E-state index contributed by atoms with van der Waals surface area (Å²) < 4.78 is 26.0. The molecule has 1 N–H and O–H groups in total. The van der Waals surface area contributed by atoms with Crippen molar-refractivity contribution in [1.29, 1.82) is 5.26 Å². The van der Waals surface area contributed by atoms with Crippen LogP contribution >= 0.6 is 0 Å². The third kappa shape index (κ3) is 2.54. The summed E-state index contributed by atoms with van der Waals surface area (Å²) in [6.07, 6.45) is 0.402. The van der Waals surface area contributed by atoms with Crippen LogP contribution in [0.4, 0.5) is 8.78 Å². The number of hydrogen-bond donors (Lipinski definition) is 1. The van der Waals surface area contributed by atoms with Gasteiger partial charge in [0.25, 0.3) is 5.91 Å². The molecule has 0 saturated heterocycles. The number of benzene rings is 1. The lowest BCUT2D eigenvalue weighted by Gasteiger charge is -2.09. The van der Waals surface area contributed by atoms with Crippen molar-refractivity contribution < 1.29 is 13.6 Å². The summed E-state index contributed by atoms with van der Waals surface area (Å²) in [7, 11) is 0. The Balaban J connectivity index is 2.90. The van der Waals surface area contributed by atoms with Gasteiger partial charge < -0.3 is 5.32 Å². The van der Waals surface area contributed by atoms with E-state index in [9.17, 15) is 13.6 Å². The number of hydrogen-bond acceptors (Lipinski definition) is 2. The summed E-state index contributed by atoms with van der Waals surface area (Å²) >= 11 is 0. The Bertz CT molecular complexity index is 440. The van der Waals surface area contributed by atoms with E-state index in [0.29, 0.717) is 6.42 Å². The van der Waals surface area contributed by atoms with Crippen molar-refractivity contribution in [2.24, 2.45) is 0 Å². The number of nitrogens with zero attached hydrogens (tertiary/aromatic N) is 1.